The normalized spacial score (nSPS) is 12.5. The molecule has 2 rings (SSSR count). The molecule has 19 heavy (non-hydrogen) atoms. The molecule has 0 saturated carbocycles. The highest BCUT2D eigenvalue weighted by Crippen LogP contribution is 2.32. The van der Waals surface area contributed by atoms with Gasteiger partial charge in [0.25, 0.3) is 0 Å². The number of nitrogens with one attached hydrogen (secondary N) is 1. The Labute approximate surface area is 127 Å². The SMILES string of the molecule is Cc1ccc(Cl)cc1C(NN)c1cc(Cl)ccc1Cl. The van der Waals surface area contributed by atoms with Crippen molar-refractivity contribution >= 4 is 34.8 Å². The summed E-state index contributed by atoms with van der Waals surface area (Å²) in [5.74, 6) is 5.68. The van der Waals surface area contributed by atoms with Crippen LogP contribution in [0, 0.1) is 6.92 Å². The molecule has 0 aromatic heterocycles. The molecule has 2 nitrogen and oxygen atoms in total. The molecule has 2 aromatic carbocycles. The smallest absolute Gasteiger partial charge is 0.0728 e. The minimum atomic E-state index is -0.259. The summed E-state index contributed by atoms with van der Waals surface area (Å²) in [6.07, 6.45) is 0. The number of halogens is 3. The molecule has 0 spiro atoms. The fourth-order valence-electron chi connectivity index (χ4n) is 2.01. The first-order valence-corrected chi connectivity index (χ1v) is 6.83. The lowest BCUT2D eigenvalue weighted by Gasteiger charge is -2.20. The predicted molar refractivity (Wildman–Crippen MR) is 81.8 cm³/mol. The van der Waals surface area contributed by atoms with Crippen LogP contribution in [0.4, 0.5) is 0 Å². The summed E-state index contributed by atoms with van der Waals surface area (Å²) in [5.41, 5.74) is 5.63. The van der Waals surface area contributed by atoms with Crippen molar-refractivity contribution in [2.45, 2.75) is 13.0 Å². The average molecular weight is 316 g/mol. The van der Waals surface area contributed by atoms with E-state index in [1.54, 1.807) is 18.2 Å². The molecule has 0 amide bonds. The van der Waals surface area contributed by atoms with Crippen LogP contribution in [-0.4, -0.2) is 0 Å². The molecule has 0 radical (unpaired) electrons. The van der Waals surface area contributed by atoms with Crippen LogP contribution < -0.4 is 11.3 Å². The van der Waals surface area contributed by atoms with Crippen LogP contribution in [0.1, 0.15) is 22.7 Å². The zero-order valence-corrected chi connectivity index (χ0v) is 12.5. The number of rotatable bonds is 3. The van der Waals surface area contributed by atoms with Crippen LogP contribution in [0.3, 0.4) is 0 Å². The molecule has 0 heterocycles. The molecule has 0 aliphatic carbocycles. The molecule has 0 aliphatic rings. The third kappa shape index (κ3) is 3.22. The summed E-state index contributed by atoms with van der Waals surface area (Å²) in [5, 5.41) is 1.87. The standard InChI is InChI=1S/C14H13Cl3N2/c1-8-2-3-9(15)6-11(8)14(19-18)12-7-10(16)4-5-13(12)17/h2-7,14,19H,18H2,1H3. The molecule has 0 aliphatic heterocycles. The van der Waals surface area contributed by atoms with Crippen molar-refractivity contribution in [3.8, 4) is 0 Å². The van der Waals surface area contributed by atoms with Gasteiger partial charge in [0.15, 0.2) is 0 Å². The number of aryl methyl sites for hydroxylation is 1. The van der Waals surface area contributed by atoms with Crippen molar-refractivity contribution in [3.63, 3.8) is 0 Å². The van der Waals surface area contributed by atoms with E-state index in [-0.39, 0.29) is 6.04 Å². The van der Waals surface area contributed by atoms with Gasteiger partial charge in [0, 0.05) is 15.1 Å². The van der Waals surface area contributed by atoms with Gasteiger partial charge in [-0.25, -0.2) is 5.43 Å². The van der Waals surface area contributed by atoms with E-state index in [2.05, 4.69) is 5.43 Å². The molecule has 0 saturated heterocycles. The minimum absolute atomic E-state index is 0.259. The van der Waals surface area contributed by atoms with Crippen LogP contribution in [0.25, 0.3) is 0 Å². The van der Waals surface area contributed by atoms with Crippen molar-refractivity contribution in [3.05, 3.63) is 68.2 Å². The first kappa shape index (κ1) is 14.6. The Bertz CT molecular complexity index is 548. The topological polar surface area (TPSA) is 38.0 Å². The van der Waals surface area contributed by atoms with E-state index in [1.165, 1.54) is 0 Å². The molecule has 5 heteroatoms. The van der Waals surface area contributed by atoms with E-state index in [9.17, 15) is 0 Å². The maximum Gasteiger partial charge on any atom is 0.0728 e. The fraction of sp³-hybridized carbons (Fsp3) is 0.143. The van der Waals surface area contributed by atoms with Gasteiger partial charge in [-0.3, -0.25) is 5.84 Å². The van der Waals surface area contributed by atoms with E-state index >= 15 is 0 Å². The van der Waals surface area contributed by atoms with Crippen LogP contribution in [-0.2, 0) is 0 Å². The molecule has 0 fully saturated rings. The molecular formula is C14H13Cl3N2. The van der Waals surface area contributed by atoms with Crippen molar-refractivity contribution in [2.24, 2.45) is 5.84 Å². The van der Waals surface area contributed by atoms with E-state index in [1.807, 2.05) is 25.1 Å². The first-order valence-electron chi connectivity index (χ1n) is 5.70. The molecule has 2 aromatic rings. The lowest BCUT2D eigenvalue weighted by atomic mass is 9.95. The highest BCUT2D eigenvalue weighted by molar-refractivity contribution is 6.33. The van der Waals surface area contributed by atoms with Gasteiger partial charge in [0.1, 0.15) is 0 Å². The largest absolute Gasteiger partial charge is 0.271 e. The molecular weight excluding hydrogens is 303 g/mol. The molecule has 1 unspecified atom stereocenters. The lowest BCUT2D eigenvalue weighted by molar-refractivity contribution is 0.634. The average Bonchev–Trinajstić information content (AvgIpc) is 2.38. The fourth-order valence-corrected chi connectivity index (χ4v) is 2.59. The highest BCUT2D eigenvalue weighted by Gasteiger charge is 2.18. The van der Waals surface area contributed by atoms with E-state index < -0.39 is 0 Å². The van der Waals surface area contributed by atoms with Crippen LogP contribution >= 0.6 is 34.8 Å². The van der Waals surface area contributed by atoms with Gasteiger partial charge in [0.2, 0.25) is 0 Å². The first-order chi connectivity index (χ1) is 9.02. The Morgan fingerprint density at radius 1 is 0.947 bits per heavy atom. The molecule has 0 bridgehead atoms. The summed E-state index contributed by atoms with van der Waals surface area (Å²) >= 11 is 18.3. The second-order valence-corrected chi connectivity index (χ2v) is 5.55. The van der Waals surface area contributed by atoms with Gasteiger partial charge in [-0.2, -0.15) is 0 Å². The van der Waals surface area contributed by atoms with E-state index in [0.29, 0.717) is 15.1 Å². The lowest BCUT2D eigenvalue weighted by Crippen LogP contribution is -2.29. The second-order valence-electron chi connectivity index (χ2n) is 4.27. The van der Waals surface area contributed by atoms with Gasteiger partial charge in [-0.05, 0) is 53.9 Å². The predicted octanol–water partition coefficient (Wildman–Crippen LogP) is 4.51. The van der Waals surface area contributed by atoms with Crippen molar-refractivity contribution in [1.29, 1.82) is 0 Å². The number of nitrogens with two attached hydrogens (primary N) is 1. The maximum absolute atomic E-state index is 6.22. The quantitative estimate of drug-likeness (QED) is 0.646. The zero-order valence-electron chi connectivity index (χ0n) is 10.3. The Kier molecular flexibility index (Phi) is 4.71. The van der Waals surface area contributed by atoms with Gasteiger partial charge in [0.05, 0.1) is 6.04 Å². The summed E-state index contributed by atoms with van der Waals surface area (Å²) in [6, 6.07) is 10.7. The Hall–Kier alpha value is -0.770. The van der Waals surface area contributed by atoms with Crippen molar-refractivity contribution < 1.29 is 0 Å². The highest BCUT2D eigenvalue weighted by atomic mass is 35.5. The van der Waals surface area contributed by atoms with Crippen molar-refractivity contribution in [1.82, 2.24) is 5.43 Å². The van der Waals surface area contributed by atoms with Crippen LogP contribution in [0.15, 0.2) is 36.4 Å². The Morgan fingerprint density at radius 3 is 2.16 bits per heavy atom. The summed E-state index contributed by atoms with van der Waals surface area (Å²) in [7, 11) is 0. The number of hydrazine groups is 1. The number of benzene rings is 2. The minimum Gasteiger partial charge on any atom is -0.271 e. The Balaban J connectivity index is 2.55. The summed E-state index contributed by atoms with van der Waals surface area (Å²) in [4.78, 5) is 0. The number of hydrogen-bond acceptors (Lipinski definition) is 2. The van der Waals surface area contributed by atoms with Crippen molar-refractivity contribution in [2.75, 3.05) is 0 Å². The Morgan fingerprint density at radius 2 is 1.53 bits per heavy atom. The third-order valence-electron chi connectivity index (χ3n) is 2.99. The van der Waals surface area contributed by atoms with Gasteiger partial charge in [-0.1, -0.05) is 40.9 Å². The van der Waals surface area contributed by atoms with E-state index in [4.69, 9.17) is 40.6 Å². The monoisotopic (exact) mass is 314 g/mol. The summed E-state index contributed by atoms with van der Waals surface area (Å²) < 4.78 is 0. The molecule has 1 atom stereocenters. The van der Waals surface area contributed by atoms with Crippen LogP contribution in [0.2, 0.25) is 15.1 Å². The molecule has 100 valence electrons. The molecule has 3 N–H and O–H groups in total. The number of hydrogen-bond donors (Lipinski definition) is 2. The maximum atomic E-state index is 6.22. The van der Waals surface area contributed by atoms with Gasteiger partial charge < -0.3 is 0 Å². The third-order valence-corrected chi connectivity index (χ3v) is 3.80. The van der Waals surface area contributed by atoms with Crippen LogP contribution in [0.5, 0.6) is 0 Å². The second kappa shape index (κ2) is 6.12. The summed E-state index contributed by atoms with van der Waals surface area (Å²) in [6.45, 7) is 1.99. The van der Waals surface area contributed by atoms with E-state index in [0.717, 1.165) is 16.7 Å². The zero-order chi connectivity index (χ0) is 14.0. The van der Waals surface area contributed by atoms with Gasteiger partial charge >= 0.3 is 0 Å². The van der Waals surface area contributed by atoms with Gasteiger partial charge in [-0.15, -0.1) is 0 Å².